The average molecular weight is 283 g/mol. The van der Waals surface area contributed by atoms with Gasteiger partial charge < -0.3 is 15.3 Å². The number of phenols is 1. The van der Waals surface area contributed by atoms with Crippen molar-refractivity contribution in [3.63, 3.8) is 0 Å². The molecule has 0 saturated carbocycles. The molecule has 1 atom stereocenters. The number of carbonyl (C=O) groups excluding carboxylic acids is 2. The molecule has 2 rings (SSSR count). The van der Waals surface area contributed by atoms with Crippen LogP contribution in [0.5, 0.6) is 5.75 Å². The van der Waals surface area contributed by atoms with Crippen molar-refractivity contribution in [2.75, 3.05) is 13.1 Å². The SMILES string of the molecule is CC(=O)NC1CCN(C(=O)c2ccc(O)c(Cl)c2)C1. The van der Waals surface area contributed by atoms with E-state index in [1.807, 2.05) is 0 Å². The molecule has 1 fully saturated rings. The van der Waals surface area contributed by atoms with E-state index in [1.54, 1.807) is 4.90 Å². The first-order valence-electron chi connectivity index (χ1n) is 6.02. The molecular weight excluding hydrogens is 268 g/mol. The highest BCUT2D eigenvalue weighted by Gasteiger charge is 2.27. The van der Waals surface area contributed by atoms with E-state index in [0.717, 1.165) is 6.42 Å². The number of benzene rings is 1. The quantitative estimate of drug-likeness (QED) is 0.861. The van der Waals surface area contributed by atoms with Gasteiger partial charge in [-0.05, 0) is 24.6 Å². The van der Waals surface area contributed by atoms with E-state index in [9.17, 15) is 14.7 Å². The second-order valence-electron chi connectivity index (χ2n) is 4.60. The Morgan fingerprint density at radius 3 is 2.84 bits per heavy atom. The maximum Gasteiger partial charge on any atom is 0.253 e. The first-order valence-corrected chi connectivity index (χ1v) is 6.40. The Kier molecular flexibility index (Phi) is 3.95. The van der Waals surface area contributed by atoms with Crippen molar-refractivity contribution in [2.24, 2.45) is 0 Å². The number of hydrogen-bond donors (Lipinski definition) is 2. The number of likely N-dealkylation sites (tertiary alicyclic amines) is 1. The van der Waals surface area contributed by atoms with Crippen molar-refractivity contribution in [2.45, 2.75) is 19.4 Å². The van der Waals surface area contributed by atoms with Crippen molar-refractivity contribution in [3.05, 3.63) is 28.8 Å². The number of nitrogens with zero attached hydrogens (tertiary/aromatic N) is 1. The third-order valence-corrected chi connectivity index (χ3v) is 3.38. The van der Waals surface area contributed by atoms with Gasteiger partial charge in [-0.15, -0.1) is 0 Å². The van der Waals surface area contributed by atoms with Crippen LogP contribution in [0, 0.1) is 0 Å². The summed E-state index contributed by atoms with van der Waals surface area (Å²) in [5, 5.41) is 12.3. The second-order valence-corrected chi connectivity index (χ2v) is 5.01. The van der Waals surface area contributed by atoms with Crippen molar-refractivity contribution in [1.29, 1.82) is 0 Å². The van der Waals surface area contributed by atoms with E-state index in [-0.39, 0.29) is 28.6 Å². The second kappa shape index (κ2) is 5.48. The van der Waals surface area contributed by atoms with E-state index in [2.05, 4.69) is 5.32 Å². The average Bonchev–Trinajstić information content (AvgIpc) is 2.79. The fourth-order valence-corrected chi connectivity index (χ4v) is 2.35. The smallest absolute Gasteiger partial charge is 0.253 e. The van der Waals surface area contributed by atoms with Gasteiger partial charge in [0.25, 0.3) is 5.91 Å². The van der Waals surface area contributed by atoms with Crippen molar-refractivity contribution < 1.29 is 14.7 Å². The van der Waals surface area contributed by atoms with Crippen LogP contribution in [-0.2, 0) is 4.79 Å². The molecule has 0 aromatic heterocycles. The fraction of sp³-hybridized carbons (Fsp3) is 0.385. The van der Waals surface area contributed by atoms with Crippen LogP contribution in [-0.4, -0.2) is 41.0 Å². The number of hydrogen-bond acceptors (Lipinski definition) is 3. The summed E-state index contributed by atoms with van der Waals surface area (Å²) in [5.41, 5.74) is 0.436. The standard InChI is InChI=1S/C13H15ClN2O3/c1-8(17)15-10-4-5-16(7-10)13(19)9-2-3-12(18)11(14)6-9/h2-3,6,10,18H,4-5,7H2,1H3,(H,15,17). The number of amides is 2. The van der Waals surface area contributed by atoms with E-state index < -0.39 is 0 Å². The van der Waals surface area contributed by atoms with Gasteiger partial charge in [0.15, 0.2) is 0 Å². The zero-order valence-corrected chi connectivity index (χ0v) is 11.3. The molecular formula is C13H15ClN2O3. The molecule has 6 heteroatoms. The molecule has 19 heavy (non-hydrogen) atoms. The lowest BCUT2D eigenvalue weighted by Gasteiger charge is -2.17. The molecule has 1 aliphatic rings. The highest BCUT2D eigenvalue weighted by atomic mass is 35.5. The van der Waals surface area contributed by atoms with Gasteiger partial charge in [-0.1, -0.05) is 11.6 Å². The number of carbonyl (C=O) groups is 2. The van der Waals surface area contributed by atoms with Gasteiger partial charge in [-0.25, -0.2) is 0 Å². The summed E-state index contributed by atoms with van der Waals surface area (Å²) in [6.07, 6.45) is 0.747. The van der Waals surface area contributed by atoms with Gasteiger partial charge in [0, 0.05) is 31.6 Å². The van der Waals surface area contributed by atoms with Crippen molar-refractivity contribution >= 4 is 23.4 Å². The first-order chi connectivity index (χ1) is 8.97. The summed E-state index contributed by atoms with van der Waals surface area (Å²) >= 11 is 5.78. The minimum absolute atomic E-state index is 0.00837. The van der Waals surface area contributed by atoms with E-state index in [1.165, 1.54) is 25.1 Å². The third kappa shape index (κ3) is 3.17. The van der Waals surface area contributed by atoms with Crippen molar-refractivity contribution in [3.8, 4) is 5.75 Å². The number of phenolic OH excluding ortho intramolecular Hbond substituents is 1. The number of halogens is 1. The Bertz CT molecular complexity index is 519. The minimum atomic E-state index is -0.144. The molecule has 1 heterocycles. The molecule has 0 spiro atoms. The summed E-state index contributed by atoms with van der Waals surface area (Å²) in [6, 6.07) is 4.39. The van der Waals surface area contributed by atoms with Crippen LogP contribution in [0.1, 0.15) is 23.7 Å². The Morgan fingerprint density at radius 2 is 2.21 bits per heavy atom. The van der Waals surface area contributed by atoms with E-state index in [4.69, 9.17) is 11.6 Å². The highest BCUT2D eigenvalue weighted by molar-refractivity contribution is 6.32. The maximum absolute atomic E-state index is 12.2. The zero-order valence-electron chi connectivity index (χ0n) is 10.5. The predicted molar refractivity (Wildman–Crippen MR) is 71.2 cm³/mol. The Hall–Kier alpha value is -1.75. The highest BCUT2D eigenvalue weighted by Crippen LogP contribution is 2.25. The normalized spacial score (nSPS) is 18.4. The van der Waals surface area contributed by atoms with Crippen LogP contribution in [0.2, 0.25) is 5.02 Å². The minimum Gasteiger partial charge on any atom is -0.506 e. The molecule has 0 aliphatic carbocycles. The number of nitrogens with one attached hydrogen (secondary N) is 1. The molecule has 1 aromatic carbocycles. The van der Waals surface area contributed by atoms with Gasteiger partial charge in [0.2, 0.25) is 5.91 Å². The van der Waals surface area contributed by atoms with Crippen LogP contribution in [0.15, 0.2) is 18.2 Å². The Morgan fingerprint density at radius 1 is 1.47 bits per heavy atom. The van der Waals surface area contributed by atoms with Crippen LogP contribution < -0.4 is 5.32 Å². The summed E-state index contributed by atoms with van der Waals surface area (Å²) in [7, 11) is 0. The van der Waals surface area contributed by atoms with Crippen LogP contribution >= 0.6 is 11.6 Å². The number of aromatic hydroxyl groups is 1. The van der Waals surface area contributed by atoms with Crippen molar-refractivity contribution in [1.82, 2.24) is 10.2 Å². The molecule has 2 N–H and O–H groups in total. The lowest BCUT2D eigenvalue weighted by molar-refractivity contribution is -0.119. The topological polar surface area (TPSA) is 69.6 Å². The van der Waals surface area contributed by atoms with E-state index in [0.29, 0.717) is 18.7 Å². The van der Waals surface area contributed by atoms with Crippen LogP contribution in [0.3, 0.4) is 0 Å². The molecule has 0 radical (unpaired) electrons. The largest absolute Gasteiger partial charge is 0.506 e. The molecule has 1 aliphatic heterocycles. The molecule has 102 valence electrons. The molecule has 5 nitrogen and oxygen atoms in total. The van der Waals surface area contributed by atoms with E-state index >= 15 is 0 Å². The van der Waals surface area contributed by atoms with Crippen LogP contribution in [0.25, 0.3) is 0 Å². The van der Waals surface area contributed by atoms with Gasteiger partial charge >= 0.3 is 0 Å². The monoisotopic (exact) mass is 282 g/mol. The predicted octanol–water partition coefficient (Wildman–Crippen LogP) is 1.40. The maximum atomic E-state index is 12.2. The molecule has 0 bridgehead atoms. The van der Waals surface area contributed by atoms with Gasteiger partial charge in [-0.2, -0.15) is 0 Å². The van der Waals surface area contributed by atoms with Gasteiger partial charge in [0.05, 0.1) is 5.02 Å². The lowest BCUT2D eigenvalue weighted by Crippen LogP contribution is -2.37. The summed E-state index contributed by atoms with van der Waals surface area (Å²) in [4.78, 5) is 24.9. The summed E-state index contributed by atoms with van der Waals surface area (Å²) in [6.45, 7) is 2.56. The third-order valence-electron chi connectivity index (χ3n) is 3.08. The van der Waals surface area contributed by atoms with Gasteiger partial charge in [-0.3, -0.25) is 9.59 Å². The number of rotatable bonds is 2. The van der Waals surface area contributed by atoms with Gasteiger partial charge in [0.1, 0.15) is 5.75 Å². The molecule has 1 aromatic rings. The van der Waals surface area contributed by atoms with Crippen LogP contribution in [0.4, 0.5) is 0 Å². The Balaban J connectivity index is 2.04. The summed E-state index contributed by atoms with van der Waals surface area (Å²) < 4.78 is 0. The summed E-state index contributed by atoms with van der Waals surface area (Å²) in [5.74, 6) is -0.280. The Labute approximate surface area is 116 Å². The lowest BCUT2D eigenvalue weighted by atomic mass is 10.2. The fourth-order valence-electron chi connectivity index (χ4n) is 2.17. The zero-order chi connectivity index (χ0) is 14.0. The molecule has 1 unspecified atom stereocenters. The first kappa shape index (κ1) is 13.7. The molecule has 2 amide bonds. The molecule has 1 saturated heterocycles.